The molecule has 3 aromatic heterocycles. The summed E-state index contributed by atoms with van der Waals surface area (Å²) in [5, 5.41) is 17.6. The number of likely N-dealkylation sites (tertiary alicyclic amines) is 1. The van der Waals surface area contributed by atoms with Gasteiger partial charge in [0.15, 0.2) is 11.3 Å². The van der Waals surface area contributed by atoms with E-state index in [4.69, 9.17) is 14.7 Å². The first-order chi connectivity index (χ1) is 21.2. The molecule has 2 fully saturated rings. The summed E-state index contributed by atoms with van der Waals surface area (Å²) in [7, 11) is 2.07. The van der Waals surface area contributed by atoms with E-state index >= 15 is 0 Å². The molecule has 2 aliphatic rings. The zero-order valence-electron chi connectivity index (χ0n) is 25.5. The molecule has 44 heavy (non-hydrogen) atoms. The lowest BCUT2D eigenvalue weighted by atomic mass is 10.0. The average Bonchev–Trinajstić information content (AvgIpc) is 3.65. The van der Waals surface area contributed by atoms with Crippen molar-refractivity contribution in [2.75, 3.05) is 44.7 Å². The molecule has 13 nitrogen and oxygen atoms in total. The van der Waals surface area contributed by atoms with Gasteiger partial charge in [0, 0.05) is 31.1 Å². The fraction of sp³-hybridized carbons (Fsp3) is 0.452. The van der Waals surface area contributed by atoms with Crippen molar-refractivity contribution in [2.24, 2.45) is 0 Å². The van der Waals surface area contributed by atoms with Crippen molar-refractivity contribution in [3.05, 3.63) is 52.2 Å². The Morgan fingerprint density at radius 3 is 2.73 bits per heavy atom. The second-order valence-electron chi connectivity index (χ2n) is 11.6. The second kappa shape index (κ2) is 11.7. The number of H-pyrrole nitrogens is 1. The van der Waals surface area contributed by atoms with Gasteiger partial charge in [-0.25, -0.2) is 4.98 Å². The van der Waals surface area contributed by atoms with Crippen LogP contribution in [-0.2, 0) is 4.79 Å². The third-order valence-corrected chi connectivity index (χ3v) is 8.95. The van der Waals surface area contributed by atoms with E-state index in [1.54, 1.807) is 22.6 Å². The van der Waals surface area contributed by atoms with Gasteiger partial charge < -0.3 is 19.4 Å². The molecule has 4 aromatic rings. The number of ether oxygens (including phenoxy) is 1. The first-order valence-corrected chi connectivity index (χ1v) is 14.8. The highest BCUT2D eigenvalue weighted by Crippen LogP contribution is 2.31. The Hall–Kier alpha value is -4.83. The molecule has 2 saturated heterocycles. The number of carbonyl (C=O) groups excluding carboxylic acids is 1. The van der Waals surface area contributed by atoms with Crippen molar-refractivity contribution in [3.8, 4) is 17.8 Å². The number of aromatic amines is 1. The normalized spacial score (nSPS) is 19.1. The number of hydrogen-bond acceptors (Lipinski definition) is 10. The summed E-state index contributed by atoms with van der Waals surface area (Å²) in [6.45, 7) is 11.9. The van der Waals surface area contributed by atoms with Crippen molar-refractivity contribution in [2.45, 2.75) is 52.1 Å². The molecule has 1 unspecified atom stereocenters. The summed E-state index contributed by atoms with van der Waals surface area (Å²) in [6, 6.07) is 4.14. The molecule has 1 aromatic carbocycles. The van der Waals surface area contributed by atoms with Crippen molar-refractivity contribution in [1.82, 2.24) is 39.5 Å². The maximum Gasteiger partial charge on any atom is 0.319 e. The third-order valence-electron chi connectivity index (χ3n) is 8.95. The van der Waals surface area contributed by atoms with Gasteiger partial charge in [-0.05, 0) is 70.5 Å². The molecule has 1 amide bonds. The number of benzene rings is 1. The summed E-state index contributed by atoms with van der Waals surface area (Å²) in [5.74, 6) is 0.692. The number of aromatic nitrogens is 6. The Morgan fingerprint density at radius 2 is 2.00 bits per heavy atom. The van der Waals surface area contributed by atoms with Gasteiger partial charge in [-0.1, -0.05) is 6.58 Å². The zero-order chi connectivity index (χ0) is 31.1. The van der Waals surface area contributed by atoms with Crippen LogP contribution in [0.4, 0.5) is 5.82 Å². The predicted molar refractivity (Wildman–Crippen MR) is 166 cm³/mol. The van der Waals surface area contributed by atoms with Crippen molar-refractivity contribution in [1.29, 1.82) is 5.26 Å². The third kappa shape index (κ3) is 5.05. The minimum absolute atomic E-state index is 0.0953. The van der Waals surface area contributed by atoms with Gasteiger partial charge in [0.1, 0.15) is 17.9 Å². The van der Waals surface area contributed by atoms with Crippen LogP contribution in [0.2, 0.25) is 0 Å². The topological polar surface area (TPSA) is 149 Å². The zero-order valence-corrected chi connectivity index (χ0v) is 25.5. The highest BCUT2D eigenvalue weighted by atomic mass is 16.5. The number of nitriles is 1. The summed E-state index contributed by atoms with van der Waals surface area (Å²) in [4.78, 5) is 47.2. The molecule has 6 rings (SSSR count). The first kappa shape index (κ1) is 29.3. The molecule has 0 spiro atoms. The van der Waals surface area contributed by atoms with Gasteiger partial charge in [-0.3, -0.25) is 19.3 Å². The molecule has 13 heteroatoms. The van der Waals surface area contributed by atoms with Crippen LogP contribution in [0.5, 0.6) is 6.01 Å². The van der Waals surface area contributed by atoms with E-state index in [0.717, 1.165) is 41.4 Å². The molecular formula is C31H36N10O3. The Labute approximate surface area is 254 Å². The maximum atomic E-state index is 14.4. The molecule has 2 atom stereocenters. The van der Waals surface area contributed by atoms with Gasteiger partial charge in [0.05, 0.1) is 35.9 Å². The summed E-state index contributed by atoms with van der Waals surface area (Å²) < 4.78 is 7.76. The summed E-state index contributed by atoms with van der Waals surface area (Å²) in [6.07, 6.45) is 5.22. The summed E-state index contributed by atoms with van der Waals surface area (Å²) >= 11 is 0. The quantitative estimate of drug-likeness (QED) is 0.316. The molecule has 5 heterocycles. The van der Waals surface area contributed by atoms with E-state index in [1.165, 1.54) is 6.08 Å². The lowest BCUT2D eigenvalue weighted by Gasteiger charge is -2.40. The smallest absolute Gasteiger partial charge is 0.319 e. The monoisotopic (exact) mass is 596 g/mol. The Morgan fingerprint density at radius 1 is 1.18 bits per heavy atom. The van der Waals surface area contributed by atoms with Gasteiger partial charge in [0.2, 0.25) is 5.91 Å². The lowest BCUT2D eigenvalue weighted by Crippen LogP contribution is -2.55. The number of amides is 1. The predicted octanol–water partition coefficient (Wildman–Crippen LogP) is 2.57. The van der Waals surface area contributed by atoms with E-state index in [9.17, 15) is 14.9 Å². The number of fused-ring (bicyclic) bond motifs is 2. The Balaban J connectivity index is 1.51. The number of hydrogen-bond donors (Lipinski definition) is 1. The number of nitrogens with one attached hydrogen (secondary N) is 1. The molecule has 0 aliphatic carbocycles. The van der Waals surface area contributed by atoms with Crippen LogP contribution in [-0.4, -0.2) is 97.3 Å². The van der Waals surface area contributed by atoms with Gasteiger partial charge in [-0.2, -0.15) is 20.3 Å². The summed E-state index contributed by atoms with van der Waals surface area (Å²) in [5.41, 5.74) is 3.60. The lowest BCUT2D eigenvalue weighted by molar-refractivity contribution is -0.128. The number of anilines is 1. The van der Waals surface area contributed by atoms with E-state index in [2.05, 4.69) is 39.8 Å². The van der Waals surface area contributed by atoms with E-state index in [1.807, 2.05) is 24.8 Å². The standard InChI is InChI=1S/C31H36N10O3/c1-6-25(42)40-13-12-39(16-21(40)9-10-32)29-26-27(35-31(36-29)44-17-22-8-7-11-38(22)5)30(43)41(20(4)34-26)28-19(3)18(2)14-24-23(28)15-33-37-24/h6,14-15,21-22H,1,7-9,11-13,16-17H2,2-5H3,(H,33,37)/t21-,22?/m0/s1. The highest BCUT2D eigenvalue weighted by Gasteiger charge is 2.32. The second-order valence-corrected chi connectivity index (χ2v) is 11.6. The van der Waals surface area contributed by atoms with Crippen LogP contribution in [0.15, 0.2) is 29.7 Å². The molecule has 0 saturated carbocycles. The van der Waals surface area contributed by atoms with E-state index in [0.29, 0.717) is 49.1 Å². The fourth-order valence-electron chi connectivity index (χ4n) is 6.38. The largest absolute Gasteiger partial charge is 0.462 e. The van der Waals surface area contributed by atoms with Crippen LogP contribution >= 0.6 is 0 Å². The minimum atomic E-state index is -0.383. The number of rotatable bonds is 7. The maximum absolute atomic E-state index is 14.4. The molecule has 1 N–H and O–H groups in total. The molecule has 0 bridgehead atoms. The van der Waals surface area contributed by atoms with E-state index in [-0.39, 0.29) is 41.5 Å². The molecule has 2 aliphatic heterocycles. The number of piperazine rings is 1. The van der Waals surface area contributed by atoms with Gasteiger partial charge in [0.25, 0.3) is 5.56 Å². The Kier molecular flexibility index (Phi) is 7.77. The molecular weight excluding hydrogens is 560 g/mol. The van der Waals surface area contributed by atoms with Crippen LogP contribution in [0, 0.1) is 32.1 Å². The van der Waals surface area contributed by atoms with Crippen LogP contribution < -0.4 is 15.2 Å². The van der Waals surface area contributed by atoms with E-state index < -0.39 is 0 Å². The number of nitrogens with zero attached hydrogens (tertiary/aromatic N) is 9. The van der Waals surface area contributed by atoms with Crippen LogP contribution in [0.25, 0.3) is 27.6 Å². The van der Waals surface area contributed by atoms with Crippen molar-refractivity contribution < 1.29 is 9.53 Å². The fourth-order valence-corrected chi connectivity index (χ4v) is 6.38. The number of aryl methyl sites for hydroxylation is 2. The Bertz CT molecular complexity index is 1870. The first-order valence-electron chi connectivity index (χ1n) is 14.8. The SMILES string of the molecule is C=CC(=O)N1CCN(c2nc(OCC3CCCN3C)nc3c(=O)n(-c4c(C)c(C)cc5[nH]ncc45)c(C)nc23)C[C@@H]1CC#N. The highest BCUT2D eigenvalue weighted by molar-refractivity contribution is 5.91. The van der Waals surface area contributed by atoms with Crippen LogP contribution in [0.3, 0.4) is 0 Å². The van der Waals surface area contributed by atoms with Gasteiger partial charge in [-0.15, -0.1) is 0 Å². The number of likely N-dealkylation sites (N-methyl/N-ethyl adjacent to an activating group) is 1. The minimum Gasteiger partial charge on any atom is -0.462 e. The average molecular weight is 597 g/mol. The molecule has 0 radical (unpaired) electrons. The van der Waals surface area contributed by atoms with Crippen LogP contribution in [0.1, 0.15) is 36.2 Å². The number of carbonyl (C=O) groups is 1. The molecule has 228 valence electrons. The van der Waals surface area contributed by atoms with Gasteiger partial charge >= 0.3 is 6.01 Å². The van der Waals surface area contributed by atoms with Crippen molar-refractivity contribution in [3.63, 3.8) is 0 Å². The van der Waals surface area contributed by atoms with Crippen molar-refractivity contribution >= 4 is 33.7 Å².